The van der Waals surface area contributed by atoms with Crippen LogP contribution in [0.25, 0.3) is 0 Å². The molecular formula is C13H27N3O5. The molecule has 8 nitrogen and oxygen atoms in total. The molecule has 124 valence electrons. The van der Waals surface area contributed by atoms with Crippen molar-refractivity contribution in [3.05, 3.63) is 0 Å². The predicted molar refractivity (Wildman–Crippen MR) is 78.6 cm³/mol. The van der Waals surface area contributed by atoms with Crippen LogP contribution in [0.5, 0.6) is 0 Å². The van der Waals surface area contributed by atoms with Crippen LogP contribution in [-0.2, 0) is 14.4 Å². The Morgan fingerprint density at radius 2 is 1.62 bits per heavy atom. The molecule has 0 aromatic rings. The third kappa shape index (κ3) is 13.1. The van der Waals surface area contributed by atoms with E-state index in [4.69, 9.17) is 21.7 Å². The normalized spacial score (nSPS) is 12.9. The molecule has 0 aromatic heterocycles. The summed E-state index contributed by atoms with van der Waals surface area (Å²) in [5.74, 6) is -2.22. The number of hydrogen-bond donors (Lipinski definition) is 5. The molecule has 0 unspecified atom stereocenters. The number of carbonyl (C=O) groups is 3. The average molecular weight is 305 g/mol. The van der Waals surface area contributed by atoms with E-state index in [1.54, 1.807) is 13.8 Å². The fourth-order valence-electron chi connectivity index (χ4n) is 1.28. The number of hydrogen-bond acceptors (Lipinski definition) is 5. The van der Waals surface area contributed by atoms with Crippen molar-refractivity contribution in [3.63, 3.8) is 0 Å². The second kappa shape index (κ2) is 12.1. The lowest BCUT2D eigenvalue weighted by Gasteiger charge is -2.12. The average Bonchev–Trinajstić information content (AvgIpc) is 2.36. The lowest BCUT2D eigenvalue weighted by atomic mass is 10.1. The second-order valence-electron chi connectivity index (χ2n) is 4.98. The number of rotatable bonds is 8. The molecule has 7 N–H and O–H groups in total. The van der Waals surface area contributed by atoms with Crippen LogP contribution < -0.4 is 16.8 Å². The number of unbranched alkanes of at least 4 members (excludes halogenated alkanes) is 1. The van der Waals surface area contributed by atoms with Gasteiger partial charge < -0.3 is 27.0 Å². The Morgan fingerprint density at radius 1 is 1.10 bits per heavy atom. The summed E-state index contributed by atoms with van der Waals surface area (Å²) in [4.78, 5) is 31.2. The van der Waals surface area contributed by atoms with Gasteiger partial charge in [0.25, 0.3) is 0 Å². The lowest BCUT2D eigenvalue weighted by molar-refractivity contribution is -0.141. The summed E-state index contributed by atoms with van der Waals surface area (Å²) in [6, 6.07) is -1.49. The van der Waals surface area contributed by atoms with Gasteiger partial charge in [-0.2, -0.15) is 0 Å². The van der Waals surface area contributed by atoms with Gasteiger partial charge in [0.15, 0.2) is 0 Å². The molecule has 0 heterocycles. The Labute approximate surface area is 124 Å². The molecular weight excluding hydrogens is 278 g/mol. The molecule has 0 saturated heterocycles. The van der Waals surface area contributed by atoms with Crippen LogP contribution in [0.3, 0.4) is 0 Å². The van der Waals surface area contributed by atoms with E-state index in [2.05, 4.69) is 5.32 Å². The van der Waals surface area contributed by atoms with Gasteiger partial charge in [-0.25, -0.2) is 4.79 Å². The highest BCUT2D eigenvalue weighted by Crippen LogP contribution is 2.00. The molecule has 0 spiro atoms. The van der Waals surface area contributed by atoms with Gasteiger partial charge in [0.2, 0.25) is 5.91 Å². The van der Waals surface area contributed by atoms with Gasteiger partial charge in [0.05, 0.1) is 0 Å². The van der Waals surface area contributed by atoms with Gasteiger partial charge in [-0.15, -0.1) is 0 Å². The van der Waals surface area contributed by atoms with Crippen LogP contribution in [-0.4, -0.2) is 46.7 Å². The van der Waals surface area contributed by atoms with Crippen LogP contribution in [0.4, 0.5) is 0 Å². The molecule has 0 radical (unpaired) electrons. The third-order valence-corrected chi connectivity index (χ3v) is 2.63. The maximum absolute atomic E-state index is 10.6. The fraction of sp³-hybridized carbons (Fsp3) is 0.769. The first-order valence-corrected chi connectivity index (χ1v) is 6.81. The van der Waals surface area contributed by atoms with Crippen molar-refractivity contribution in [1.29, 1.82) is 0 Å². The van der Waals surface area contributed by atoms with Crippen molar-refractivity contribution in [2.45, 2.75) is 52.1 Å². The van der Waals surface area contributed by atoms with Crippen LogP contribution in [0.15, 0.2) is 0 Å². The van der Waals surface area contributed by atoms with Crippen molar-refractivity contribution in [2.75, 3.05) is 6.54 Å². The summed E-state index contributed by atoms with van der Waals surface area (Å²) in [7, 11) is 0. The van der Waals surface area contributed by atoms with Crippen molar-refractivity contribution >= 4 is 17.8 Å². The number of nitrogens with one attached hydrogen (secondary N) is 1. The molecule has 1 amide bonds. The van der Waals surface area contributed by atoms with E-state index in [1.807, 2.05) is 0 Å². The molecule has 0 aliphatic carbocycles. The van der Waals surface area contributed by atoms with Gasteiger partial charge in [-0.1, -0.05) is 13.8 Å². The minimum absolute atomic E-state index is 0.0208. The molecule has 0 fully saturated rings. The molecule has 0 rings (SSSR count). The zero-order valence-electron chi connectivity index (χ0n) is 12.8. The van der Waals surface area contributed by atoms with Gasteiger partial charge in [0.1, 0.15) is 12.1 Å². The van der Waals surface area contributed by atoms with E-state index in [-0.39, 0.29) is 11.8 Å². The molecule has 8 heteroatoms. The first-order chi connectivity index (χ1) is 9.63. The summed E-state index contributed by atoms with van der Waals surface area (Å²) in [6.07, 6.45) is 1.93. The van der Waals surface area contributed by atoms with Gasteiger partial charge in [-0.3, -0.25) is 9.59 Å². The molecule has 0 aliphatic heterocycles. The topological polar surface area (TPSA) is 156 Å². The first kappa shape index (κ1) is 21.6. The minimum Gasteiger partial charge on any atom is -0.480 e. The van der Waals surface area contributed by atoms with Crippen LogP contribution in [0, 0.1) is 5.92 Å². The number of carbonyl (C=O) groups excluding carboxylic acids is 1. The van der Waals surface area contributed by atoms with Gasteiger partial charge >= 0.3 is 11.9 Å². The Kier molecular flexibility index (Phi) is 12.5. The van der Waals surface area contributed by atoms with Crippen molar-refractivity contribution in [1.82, 2.24) is 5.32 Å². The van der Waals surface area contributed by atoms with Gasteiger partial charge in [-0.05, 0) is 31.7 Å². The third-order valence-electron chi connectivity index (χ3n) is 2.63. The highest BCUT2D eigenvalue weighted by Gasteiger charge is 2.17. The lowest BCUT2D eigenvalue weighted by Crippen LogP contribution is -2.39. The Morgan fingerprint density at radius 3 is 1.86 bits per heavy atom. The standard InChI is InChI=1S/C8H16N2O3.C5H11NO2/c1-6(11)10-7(8(12)13)4-2-3-5-9;1-3(2)4(6)5(7)8/h7H,2-5,9H2,1H3,(H,10,11)(H,12,13);3-4H,6H2,1-2H3,(H,7,8)/t7-;4-/m00/s1. The van der Waals surface area contributed by atoms with Crippen molar-refractivity contribution in [2.24, 2.45) is 17.4 Å². The van der Waals surface area contributed by atoms with Gasteiger partial charge in [0, 0.05) is 6.92 Å². The van der Waals surface area contributed by atoms with Crippen LogP contribution >= 0.6 is 0 Å². The predicted octanol–water partition coefficient (Wildman–Crippen LogP) is -0.241. The minimum atomic E-state index is -0.993. The number of amides is 1. The summed E-state index contributed by atoms with van der Waals surface area (Å²) in [6.45, 7) is 5.41. The van der Waals surface area contributed by atoms with Crippen molar-refractivity contribution in [3.8, 4) is 0 Å². The van der Waals surface area contributed by atoms with Crippen molar-refractivity contribution < 1.29 is 24.6 Å². The molecule has 21 heavy (non-hydrogen) atoms. The zero-order valence-corrected chi connectivity index (χ0v) is 12.8. The van der Waals surface area contributed by atoms with E-state index in [9.17, 15) is 14.4 Å². The monoisotopic (exact) mass is 305 g/mol. The number of aliphatic carboxylic acids is 2. The highest BCUT2D eigenvalue weighted by molar-refractivity contribution is 5.81. The van der Waals surface area contributed by atoms with Crippen LogP contribution in [0.1, 0.15) is 40.0 Å². The SMILES string of the molecule is CC(=O)N[C@@H](CCCCN)C(=O)O.CC(C)[C@H](N)C(=O)O. The Hall–Kier alpha value is -1.67. The summed E-state index contributed by atoms with van der Waals surface area (Å²) in [5, 5.41) is 19.3. The molecule has 2 atom stereocenters. The molecule has 0 aromatic carbocycles. The van der Waals surface area contributed by atoms with E-state index >= 15 is 0 Å². The molecule has 0 bridgehead atoms. The van der Waals surface area contributed by atoms with E-state index in [0.29, 0.717) is 19.4 Å². The quantitative estimate of drug-likeness (QED) is 0.387. The first-order valence-electron chi connectivity index (χ1n) is 6.81. The second-order valence-corrected chi connectivity index (χ2v) is 4.98. The molecule has 0 aliphatic rings. The summed E-state index contributed by atoms with van der Waals surface area (Å²) < 4.78 is 0. The summed E-state index contributed by atoms with van der Waals surface area (Å²) in [5.41, 5.74) is 10.4. The number of nitrogens with two attached hydrogens (primary N) is 2. The largest absolute Gasteiger partial charge is 0.480 e. The number of carboxylic acid groups (broad SMARTS) is 2. The fourth-order valence-corrected chi connectivity index (χ4v) is 1.28. The van der Waals surface area contributed by atoms with E-state index in [0.717, 1.165) is 6.42 Å². The summed E-state index contributed by atoms with van der Waals surface area (Å²) >= 11 is 0. The molecule has 0 saturated carbocycles. The Balaban J connectivity index is 0. The maximum atomic E-state index is 10.6. The Bertz CT molecular complexity index is 334. The highest BCUT2D eigenvalue weighted by atomic mass is 16.4. The smallest absolute Gasteiger partial charge is 0.326 e. The van der Waals surface area contributed by atoms with Crippen LogP contribution in [0.2, 0.25) is 0 Å². The maximum Gasteiger partial charge on any atom is 0.326 e. The van der Waals surface area contributed by atoms with E-state index < -0.39 is 24.0 Å². The van der Waals surface area contributed by atoms with E-state index in [1.165, 1.54) is 6.92 Å². The zero-order chi connectivity index (χ0) is 17.0. The number of carboxylic acids is 2.